The molecular formula is C20H26N2. The summed E-state index contributed by atoms with van der Waals surface area (Å²) in [6.07, 6.45) is 3.93. The van der Waals surface area contributed by atoms with Gasteiger partial charge in [-0.2, -0.15) is 0 Å². The summed E-state index contributed by atoms with van der Waals surface area (Å²) in [5.41, 5.74) is 6.21. The minimum Gasteiger partial charge on any atom is -0.277 e. The molecule has 0 amide bonds. The van der Waals surface area contributed by atoms with E-state index in [-0.39, 0.29) is 0 Å². The Labute approximate surface area is 134 Å². The van der Waals surface area contributed by atoms with Gasteiger partial charge in [-0.15, -0.1) is 0 Å². The van der Waals surface area contributed by atoms with Crippen LogP contribution in [0.15, 0.2) is 60.7 Å². The summed E-state index contributed by atoms with van der Waals surface area (Å²) in [7, 11) is 0. The molecule has 0 aromatic heterocycles. The fourth-order valence-electron chi connectivity index (χ4n) is 3.57. The van der Waals surface area contributed by atoms with E-state index >= 15 is 0 Å². The molecule has 1 fully saturated rings. The van der Waals surface area contributed by atoms with E-state index in [4.69, 9.17) is 0 Å². The van der Waals surface area contributed by atoms with Crippen molar-refractivity contribution in [1.82, 2.24) is 5.43 Å². The first-order chi connectivity index (χ1) is 10.8. The second-order valence-electron chi connectivity index (χ2n) is 6.58. The zero-order valence-electron chi connectivity index (χ0n) is 13.6. The fraction of sp³-hybridized carbons (Fsp3) is 0.400. The number of hydrazine groups is 1. The molecule has 0 spiro atoms. The Kier molecular flexibility index (Phi) is 4.79. The van der Waals surface area contributed by atoms with Gasteiger partial charge in [0.25, 0.3) is 0 Å². The Morgan fingerprint density at radius 3 is 1.91 bits per heavy atom. The molecule has 1 aliphatic carbocycles. The standard InChI is InChI=1S/C20H26N2/c1-16(2)19-14-9-15-20(19)21-22(17-10-5-3-6-11-17)18-12-7-4-8-13-18/h3-8,10-13,16,19-21H,9,14-15H2,1-2H3/t19-,20+/m0/s1. The number of nitrogens with one attached hydrogen (secondary N) is 1. The number of rotatable bonds is 5. The molecule has 0 bridgehead atoms. The summed E-state index contributed by atoms with van der Waals surface area (Å²) >= 11 is 0. The van der Waals surface area contributed by atoms with E-state index in [1.54, 1.807) is 0 Å². The highest BCUT2D eigenvalue weighted by atomic mass is 15.5. The highest BCUT2D eigenvalue weighted by Gasteiger charge is 2.31. The number of hydrogen-bond donors (Lipinski definition) is 1. The van der Waals surface area contributed by atoms with E-state index in [0.29, 0.717) is 6.04 Å². The predicted molar refractivity (Wildman–Crippen MR) is 94.1 cm³/mol. The molecular weight excluding hydrogens is 268 g/mol. The van der Waals surface area contributed by atoms with Gasteiger partial charge in [-0.3, -0.25) is 5.01 Å². The highest BCUT2D eigenvalue weighted by Crippen LogP contribution is 2.33. The van der Waals surface area contributed by atoms with Crippen molar-refractivity contribution in [1.29, 1.82) is 0 Å². The van der Waals surface area contributed by atoms with E-state index in [1.807, 2.05) is 0 Å². The van der Waals surface area contributed by atoms with Crippen LogP contribution in [0.4, 0.5) is 11.4 Å². The molecule has 22 heavy (non-hydrogen) atoms. The van der Waals surface area contributed by atoms with Gasteiger partial charge in [0.15, 0.2) is 0 Å². The smallest absolute Gasteiger partial charge is 0.0577 e. The van der Waals surface area contributed by atoms with E-state index < -0.39 is 0 Å². The zero-order chi connectivity index (χ0) is 15.4. The molecule has 0 heterocycles. The van der Waals surface area contributed by atoms with E-state index in [2.05, 4.69) is 84.9 Å². The maximum Gasteiger partial charge on any atom is 0.0577 e. The van der Waals surface area contributed by atoms with Crippen LogP contribution in [0, 0.1) is 11.8 Å². The van der Waals surface area contributed by atoms with Crippen molar-refractivity contribution in [2.24, 2.45) is 11.8 Å². The number of nitrogens with zero attached hydrogens (tertiary/aromatic N) is 1. The highest BCUT2D eigenvalue weighted by molar-refractivity contribution is 5.61. The molecule has 2 heteroatoms. The van der Waals surface area contributed by atoms with E-state index in [0.717, 1.165) is 11.8 Å². The average Bonchev–Trinajstić information content (AvgIpc) is 3.03. The van der Waals surface area contributed by atoms with Gasteiger partial charge in [-0.1, -0.05) is 56.7 Å². The molecule has 2 atom stereocenters. The third kappa shape index (κ3) is 3.33. The molecule has 3 rings (SSSR count). The van der Waals surface area contributed by atoms with Crippen LogP contribution >= 0.6 is 0 Å². The quantitative estimate of drug-likeness (QED) is 0.767. The van der Waals surface area contributed by atoms with Crippen molar-refractivity contribution in [3.05, 3.63) is 60.7 Å². The Morgan fingerprint density at radius 1 is 0.864 bits per heavy atom. The third-order valence-electron chi connectivity index (χ3n) is 4.75. The van der Waals surface area contributed by atoms with Crippen molar-refractivity contribution >= 4 is 11.4 Å². The van der Waals surface area contributed by atoms with E-state index in [9.17, 15) is 0 Å². The monoisotopic (exact) mass is 294 g/mol. The zero-order valence-corrected chi connectivity index (χ0v) is 13.6. The van der Waals surface area contributed by atoms with Gasteiger partial charge in [0, 0.05) is 6.04 Å². The van der Waals surface area contributed by atoms with Crippen LogP contribution < -0.4 is 10.4 Å². The molecule has 2 aromatic carbocycles. The van der Waals surface area contributed by atoms with Crippen molar-refractivity contribution in [3.63, 3.8) is 0 Å². The van der Waals surface area contributed by atoms with Crippen LogP contribution in [0.1, 0.15) is 33.1 Å². The Hall–Kier alpha value is -1.80. The maximum atomic E-state index is 3.81. The predicted octanol–water partition coefficient (Wildman–Crippen LogP) is 5.15. The molecule has 2 aromatic rings. The molecule has 1 saturated carbocycles. The number of hydrogen-bond acceptors (Lipinski definition) is 2. The molecule has 1 aliphatic rings. The minimum atomic E-state index is 0.556. The van der Waals surface area contributed by atoms with Crippen LogP contribution in [-0.2, 0) is 0 Å². The lowest BCUT2D eigenvalue weighted by Gasteiger charge is -2.33. The normalized spacial score (nSPS) is 21.2. The Morgan fingerprint density at radius 2 is 1.41 bits per heavy atom. The number of benzene rings is 2. The van der Waals surface area contributed by atoms with Crippen molar-refractivity contribution in [3.8, 4) is 0 Å². The molecule has 0 saturated heterocycles. The van der Waals surface area contributed by atoms with Gasteiger partial charge < -0.3 is 0 Å². The first kappa shape index (κ1) is 15.1. The van der Waals surface area contributed by atoms with Crippen molar-refractivity contribution in [2.75, 3.05) is 5.01 Å². The first-order valence-corrected chi connectivity index (χ1v) is 8.42. The molecule has 0 radical (unpaired) electrons. The van der Waals surface area contributed by atoms with Gasteiger partial charge in [-0.25, -0.2) is 5.43 Å². The number of para-hydroxylation sites is 2. The van der Waals surface area contributed by atoms with Crippen molar-refractivity contribution < 1.29 is 0 Å². The molecule has 1 N–H and O–H groups in total. The lowest BCUT2D eigenvalue weighted by molar-refractivity contribution is 0.315. The molecule has 116 valence electrons. The number of anilines is 2. The van der Waals surface area contributed by atoms with Crippen LogP contribution in [0.5, 0.6) is 0 Å². The summed E-state index contributed by atoms with van der Waals surface area (Å²) in [6, 6.07) is 21.8. The Balaban J connectivity index is 1.86. The summed E-state index contributed by atoms with van der Waals surface area (Å²) in [4.78, 5) is 0. The summed E-state index contributed by atoms with van der Waals surface area (Å²) in [5.74, 6) is 1.49. The van der Waals surface area contributed by atoms with Crippen molar-refractivity contribution in [2.45, 2.75) is 39.2 Å². The van der Waals surface area contributed by atoms with Crippen LogP contribution in [0.25, 0.3) is 0 Å². The molecule has 0 aliphatic heterocycles. The SMILES string of the molecule is CC(C)[C@@H]1CCC[C@H]1NN(c1ccccc1)c1ccccc1. The summed E-state index contributed by atoms with van der Waals surface area (Å²) in [5, 5.41) is 2.26. The second-order valence-corrected chi connectivity index (χ2v) is 6.58. The summed E-state index contributed by atoms with van der Waals surface area (Å²) < 4.78 is 0. The Bertz CT molecular complexity index is 525. The van der Waals surface area contributed by atoms with Gasteiger partial charge in [0.05, 0.1) is 11.4 Å². The van der Waals surface area contributed by atoms with Gasteiger partial charge in [0.1, 0.15) is 0 Å². The van der Waals surface area contributed by atoms with Gasteiger partial charge in [-0.05, 0) is 48.9 Å². The molecule has 0 unspecified atom stereocenters. The average molecular weight is 294 g/mol. The van der Waals surface area contributed by atoms with E-state index in [1.165, 1.54) is 30.6 Å². The van der Waals surface area contributed by atoms with Crippen LogP contribution in [0.2, 0.25) is 0 Å². The minimum absolute atomic E-state index is 0.556. The summed E-state index contributed by atoms with van der Waals surface area (Å²) in [6.45, 7) is 4.69. The van der Waals surface area contributed by atoms with Gasteiger partial charge in [0.2, 0.25) is 0 Å². The van der Waals surface area contributed by atoms with Gasteiger partial charge >= 0.3 is 0 Å². The van der Waals surface area contributed by atoms with Crippen LogP contribution in [-0.4, -0.2) is 6.04 Å². The topological polar surface area (TPSA) is 15.3 Å². The second kappa shape index (κ2) is 6.97. The lowest BCUT2D eigenvalue weighted by atomic mass is 9.91. The first-order valence-electron chi connectivity index (χ1n) is 8.42. The lowest BCUT2D eigenvalue weighted by Crippen LogP contribution is -2.45. The fourth-order valence-corrected chi connectivity index (χ4v) is 3.57. The third-order valence-corrected chi connectivity index (χ3v) is 4.75. The molecule has 2 nitrogen and oxygen atoms in total. The van der Waals surface area contributed by atoms with Crippen LogP contribution in [0.3, 0.4) is 0 Å². The largest absolute Gasteiger partial charge is 0.277 e. The maximum absolute atomic E-state index is 3.81.